The van der Waals surface area contributed by atoms with Gasteiger partial charge in [-0.2, -0.15) is 0 Å². The Morgan fingerprint density at radius 2 is 1.95 bits per heavy atom. The van der Waals surface area contributed by atoms with Gasteiger partial charge in [-0.3, -0.25) is 0 Å². The zero-order valence-corrected chi connectivity index (χ0v) is 14.0. The zero-order chi connectivity index (χ0) is 15.5. The predicted molar refractivity (Wildman–Crippen MR) is 92.8 cm³/mol. The minimum atomic E-state index is 0.0212. The Hall–Kier alpha value is -1.81. The Morgan fingerprint density at radius 3 is 2.59 bits per heavy atom. The average molecular weight is 314 g/mol. The summed E-state index contributed by atoms with van der Waals surface area (Å²) in [5.41, 5.74) is 3.33. The van der Waals surface area contributed by atoms with E-state index in [0.717, 1.165) is 31.6 Å². The monoisotopic (exact) mass is 314 g/mol. The van der Waals surface area contributed by atoms with Gasteiger partial charge in [0.25, 0.3) is 0 Å². The molecule has 1 aliphatic heterocycles. The number of urea groups is 1. The van der Waals surface area contributed by atoms with Crippen LogP contribution in [0.1, 0.15) is 34.8 Å². The second-order valence-electron chi connectivity index (χ2n) is 6.01. The van der Waals surface area contributed by atoms with Crippen LogP contribution >= 0.6 is 11.3 Å². The summed E-state index contributed by atoms with van der Waals surface area (Å²) in [4.78, 5) is 15.8. The molecule has 116 valence electrons. The SMILES string of the molecule is Cc1ccc(NC(=O)N2CCC(c3cccs3)CC2)cc1C. The molecule has 3 rings (SSSR count). The second kappa shape index (κ2) is 6.53. The van der Waals surface area contributed by atoms with Crippen molar-refractivity contribution in [2.45, 2.75) is 32.6 Å². The van der Waals surface area contributed by atoms with E-state index in [1.54, 1.807) is 0 Å². The average Bonchev–Trinajstić information content (AvgIpc) is 3.05. The Bertz CT molecular complexity index is 643. The number of thiophene rings is 1. The quantitative estimate of drug-likeness (QED) is 0.850. The van der Waals surface area contributed by atoms with Gasteiger partial charge in [0.15, 0.2) is 0 Å². The number of piperidine rings is 1. The molecule has 3 nitrogen and oxygen atoms in total. The molecule has 1 aromatic carbocycles. The van der Waals surface area contributed by atoms with Gasteiger partial charge >= 0.3 is 6.03 Å². The zero-order valence-electron chi connectivity index (χ0n) is 13.1. The summed E-state index contributed by atoms with van der Waals surface area (Å²) in [5, 5.41) is 5.15. The maximum atomic E-state index is 12.4. The number of carbonyl (C=O) groups is 1. The molecular weight excluding hydrogens is 292 g/mol. The van der Waals surface area contributed by atoms with E-state index in [0.29, 0.717) is 5.92 Å². The third kappa shape index (κ3) is 3.33. The topological polar surface area (TPSA) is 32.3 Å². The molecular formula is C18H22N2OS. The van der Waals surface area contributed by atoms with E-state index in [1.807, 2.05) is 34.4 Å². The molecule has 2 heterocycles. The molecule has 0 bridgehead atoms. The number of nitrogens with one attached hydrogen (secondary N) is 1. The van der Waals surface area contributed by atoms with Crippen molar-refractivity contribution in [3.05, 3.63) is 51.7 Å². The highest BCUT2D eigenvalue weighted by Gasteiger charge is 2.24. The van der Waals surface area contributed by atoms with E-state index in [9.17, 15) is 4.79 Å². The van der Waals surface area contributed by atoms with Crippen LogP contribution in [0.25, 0.3) is 0 Å². The molecule has 0 atom stereocenters. The third-order valence-electron chi connectivity index (χ3n) is 4.49. The van der Waals surface area contributed by atoms with E-state index < -0.39 is 0 Å². The Kier molecular flexibility index (Phi) is 4.48. The van der Waals surface area contributed by atoms with Crippen molar-refractivity contribution in [2.24, 2.45) is 0 Å². The maximum Gasteiger partial charge on any atom is 0.321 e. The molecule has 2 aromatic rings. The number of rotatable bonds is 2. The number of benzene rings is 1. The summed E-state index contributed by atoms with van der Waals surface area (Å²) in [6, 6.07) is 10.4. The number of hydrogen-bond donors (Lipinski definition) is 1. The van der Waals surface area contributed by atoms with Gasteiger partial charge in [0.1, 0.15) is 0 Å². The Morgan fingerprint density at radius 1 is 1.18 bits per heavy atom. The summed E-state index contributed by atoms with van der Waals surface area (Å²) >= 11 is 1.83. The molecule has 1 saturated heterocycles. The first kappa shape index (κ1) is 15.1. The van der Waals surface area contributed by atoms with Crippen LogP contribution in [0.2, 0.25) is 0 Å². The summed E-state index contributed by atoms with van der Waals surface area (Å²) in [6.45, 7) is 5.81. The van der Waals surface area contributed by atoms with Crippen molar-refractivity contribution in [1.29, 1.82) is 0 Å². The predicted octanol–water partition coefficient (Wildman–Crippen LogP) is 4.78. The molecule has 0 unspecified atom stereocenters. The van der Waals surface area contributed by atoms with Crippen molar-refractivity contribution in [3.8, 4) is 0 Å². The number of anilines is 1. The van der Waals surface area contributed by atoms with Crippen molar-refractivity contribution in [3.63, 3.8) is 0 Å². The Labute approximate surface area is 136 Å². The minimum Gasteiger partial charge on any atom is -0.324 e. The van der Waals surface area contributed by atoms with Crippen LogP contribution in [0, 0.1) is 13.8 Å². The van der Waals surface area contributed by atoms with Gasteiger partial charge < -0.3 is 10.2 Å². The molecule has 4 heteroatoms. The molecule has 22 heavy (non-hydrogen) atoms. The fourth-order valence-electron chi connectivity index (χ4n) is 2.91. The molecule has 1 N–H and O–H groups in total. The van der Waals surface area contributed by atoms with Crippen LogP contribution in [-0.2, 0) is 0 Å². The van der Waals surface area contributed by atoms with E-state index >= 15 is 0 Å². The van der Waals surface area contributed by atoms with Gasteiger partial charge in [-0.25, -0.2) is 4.79 Å². The summed E-state index contributed by atoms with van der Waals surface area (Å²) < 4.78 is 0. The standard InChI is InChI=1S/C18H22N2OS/c1-13-5-6-16(12-14(13)2)19-18(21)20-9-7-15(8-10-20)17-4-3-11-22-17/h3-6,11-12,15H,7-10H2,1-2H3,(H,19,21). The molecule has 0 radical (unpaired) electrons. The second-order valence-corrected chi connectivity index (χ2v) is 6.99. The lowest BCUT2D eigenvalue weighted by Gasteiger charge is -2.31. The maximum absolute atomic E-state index is 12.4. The number of amides is 2. The molecule has 0 saturated carbocycles. The van der Waals surface area contributed by atoms with Gasteiger partial charge in [0, 0.05) is 23.7 Å². The smallest absolute Gasteiger partial charge is 0.321 e. The van der Waals surface area contributed by atoms with Crippen LogP contribution in [0.4, 0.5) is 10.5 Å². The van der Waals surface area contributed by atoms with Crippen LogP contribution in [0.3, 0.4) is 0 Å². The summed E-state index contributed by atoms with van der Waals surface area (Å²) in [6.07, 6.45) is 2.11. The van der Waals surface area contributed by atoms with Crippen molar-refractivity contribution in [1.82, 2.24) is 4.90 Å². The molecule has 0 spiro atoms. The first-order valence-electron chi connectivity index (χ1n) is 7.80. The van der Waals surface area contributed by atoms with Crippen molar-refractivity contribution < 1.29 is 4.79 Å². The van der Waals surface area contributed by atoms with Crippen molar-refractivity contribution >= 4 is 23.1 Å². The highest BCUT2D eigenvalue weighted by Crippen LogP contribution is 2.31. The highest BCUT2D eigenvalue weighted by atomic mass is 32.1. The molecule has 1 aromatic heterocycles. The summed E-state index contributed by atoms with van der Waals surface area (Å²) in [7, 11) is 0. The van der Waals surface area contributed by atoms with E-state index in [1.165, 1.54) is 16.0 Å². The van der Waals surface area contributed by atoms with Gasteiger partial charge in [0.2, 0.25) is 0 Å². The summed E-state index contributed by atoms with van der Waals surface area (Å²) in [5.74, 6) is 0.616. The van der Waals surface area contributed by atoms with Gasteiger partial charge in [0.05, 0.1) is 0 Å². The van der Waals surface area contributed by atoms with Gasteiger partial charge in [-0.1, -0.05) is 12.1 Å². The fourth-order valence-corrected chi connectivity index (χ4v) is 3.81. The number of nitrogens with zero attached hydrogens (tertiary/aromatic N) is 1. The Balaban J connectivity index is 1.56. The molecule has 2 amide bonds. The van der Waals surface area contributed by atoms with Gasteiger partial charge in [-0.15, -0.1) is 11.3 Å². The van der Waals surface area contributed by atoms with Crippen molar-refractivity contribution in [2.75, 3.05) is 18.4 Å². The first-order valence-corrected chi connectivity index (χ1v) is 8.68. The lowest BCUT2D eigenvalue weighted by atomic mass is 9.95. The van der Waals surface area contributed by atoms with Crippen LogP contribution in [0.5, 0.6) is 0 Å². The number of aryl methyl sites for hydroxylation is 2. The normalized spacial score (nSPS) is 15.8. The number of hydrogen-bond acceptors (Lipinski definition) is 2. The first-order chi connectivity index (χ1) is 10.6. The number of carbonyl (C=O) groups excluding carboxylic acids is 1. The fraction of sp³-hybridized carbons (Fsp3) is 0.389. The largest absolute Gasteiger partial charge is 0.324 e. The third-order valence-corrected chi connectivity index (χ3v) is 5.52. The lowest BCUT2D eigenvalue weighted by molar-refractivity contribution is 0.195. The molecule has 1 fully saturated rings. The van der Waals surface area contributed by atoms with Crippen LogP contribution < -0.4 is 5.32 Å². The van der Waals surface area contributed by atoms with E-state index in [2.05, 4.69) is 36.7 Å². The number of likely N-dealkylation sites (tertiary alicyclic amines) is 1. The van der Waals surface area contributed by atoms with Crippen LogP contribution in [0.15, 0.2) is 35.7 Å². The lowest BCUT2D eigenvalue weighted by Crippen LogP contribution is -2.40. The molecule has 0 aliphatic carbocycles. The molecule has 1 aliphatic rings. The minimum absolute atomic E-state index is 0.0212. The van der Waals surface area contributed by atoms with E-state index in [4.69, 9.17) is 0 Å². The van der Waals surface area contributed by atoms with Crippen LogP contribution in [-0.4, -0.2) is 24.0 Å². The highest BCUT2D eigenvalue weighted by molar-refractivity contribution is 7.10. The van der Waals surface area contributed by atoms with E-state index in [-0.39, 0.29) is 6.03 Å². The van der Waals surface area contributed by atoms with Gasteiger partial charge in [-0.05, 0) is 67.3 Å².